The number of hydrogen-bond acceptors (Lipinski definition) is 6. The summed E-state index contributed by atoms with van der Waals surface area (Å²) >= 11 is 4.65. The van der Waals surface area contributed by atoms with E-state index in [2.05, 4.69) is 31.4 Å². The lowest BCUT2D eigenvalue weighted by Gasteiger charge is -2.02. The van der Waals surface area contributed by atoms with E-state index in [1.165, 1.54) is 23.5 Å². The van der Waals surface area contributed by atoms with E-state index in [1.807, 2.05) is 0 Å². The number of hydrogen-bond donors (Lipinski definition) is 1. The van der Waals surface area contributed by atoms with Crippen molar-refractivity contribution in [2.45, 2.75) is 6.42 Å². The van der Waals surface area contributed by atoms with Crippen LogP contribution in [0.2, 0.25) is 0 Å². The number of aromatic nitrogens is 2. The molecular weight excluding hydrogens is 320 g/mol. The standard InChI is InChI=1S/C10H9BrN4O2S/c11-9-13-14-10(18-9)12-6-5-7-1-3-8(4-2-7)15(16)17/h1-4H,5-6H2,(H,12,14). The molecule has 94 valence electrons. The van der Waals surface area contributed by atoms with Crippen molar-refractivity contribution in [3.8, 4) is 0 Å². The van der Waals surface area contributed by atoms with Gasteiger partial charge in [-0.1, -0.05) is 23.5 Å². The minimum absolute atomic E-state index is 0.111. The summed E-state index contributed by atoms with van der Waals surface area (Å²) in [6.45, 7) is 0.708. The highest BCUT2D eigenvalue weighted by molar-refractivity contribution is 9.11. The molecule has 1 N–H and O–H groups in total. The first-order valence-electron chi connectivity index (χ1n) is 5.11. The second kappa shape index (κ2) is 5.87. The zero-order chi connectivity index (χ0) is 13.0. The Balaban J connectivity index is 1.85. The lowest BCUT2D eigenvalue weighted by molar-refractivity contribution is -0.384. The van der Waals surface area contributed by atoms with E-state index in [0.29, 0.717) is 6.54 Å². The second-order valence-corrected chi connectivity index (χ2v) is 5.71. The van der Waals surface area contributed by atoms with E-state index in [9.17, 15) is 10.1 Å². The topological polar surface area (TPSA) is 81.0 Å². The zero-order valence-corrected chi connectivity index (χ0v) is 11.6. The Labute approximate surface area is 115 Å². The lowest BCUT2D eigenvalue weighted by atomic mass is 10.1. The van der Waals surface area contributed by atoms with Gasteiger partial charge < -0.3 is 5.32 Å². The van der Waals surface area contributed by atoms with Crippen molar-refractivity contribution in [3.05, 3.63) is 43.9 Å². The first kappa shape index (κ1) is 12.9. The van der Waals surface area contributed by atoms with E-state index in [4.69, 9.17) is 0 Å². The Kier molecular flexibility index (Phi) is 4.21. The van der Waals surface area contributed by atoms with E-state index >= 15 is 0 Å². The number of nitro groups is 1. The van der Waals surface area contributed by atoms with Gasteiger partial charge in [-0.2, -0.15) is 0 Å². The van der Waals surface area contributed by atoms with Gasteiger partial charge in [-0.3, -0.25) is 10.1 Å². The molecule has 0 atom stereocenters. The highest BCUT2D eigenvalue weighted by Gasteiger charge is 2.04. The maximum atomic E-state index is 10.5. The molecule has 1 heterocycles. The van der Waals surface area contributed by atoms with Crippen LogP contribution in [0.1, 0.15) is 5.56 Å². The molecule has 2 rings (SSSR count). The Hall–Kier alpha value is -1.54. The summed E-state index contributed by atoms with van der Waals surface area (Å²) < 4.78 is 0.736. The Morgan fingerprint density at radius 2 is 2.06 bits per heavy atom. The number of nitrogens with one attached hydrogen (secondary N) is 1. The maximum absolute atomic E-state index is 10.5. The molecule has 0 amide bonds. The molecule has 0 bridgehead atoms. The van der Waals surface area contributed by atoms with Gasteiger partial charge in [0.25, 0.3) is 5.69 Å². The fourth-order valence-corrected chi connectivity index (χ4v) is 2.41. The molecule has 0 radical (unpaired) electrons. The monoisotopic (exact) mass is 328 g/mol. The van der Waals surface area contributed by atoms with Gasteiger partial charge >= 0.3 is 0 Å². The summed E-state index contributed by atoms with van der Waals surface area (Å²) in [7, 11) is 0. The largest absolute Gasteiger partial charge is 0.360 e. The Bertz CT molecular complexity index is 543. The molecule has 0 fully saturated rings. The predicted molar refractivity (Wildman–Crippen MR) is 72.9 cm³/mol. The van der Waals surface area contributed by atoms with Crippen LogP contribution in [0.15, 0.2) is 28.2 Å². The molecule has 6 nitrogen and oxygen atoms in total. The number of halogens is 1. The van der Waals surface area contributed by atoms with Crippen LogP contribution in [-0.2, 0) is 6.42 Å². The van der Waals surface area contributed by atoms with E-state index in [-0.39, 0.29) is 5.69 Å². The number of anilines is 1. The van der Waals surface area contributed by atoms with Gasteiger partial charge in [0.1, 0.15) is 0 Å². The highest BCUT2D eigenvalue weighted by atomic mass is 79.9. The molecule has 18 heavy (non-hydrogen) atoms. The van der Waals surface area contributed by atoms with Crippen molar-refractivity contribution in [2.75, 3.05) is 11.9 Å². The normalized spacial score (nSPS) is 10.3. The van der Waals surface area contributed by atoms with Gasteiger partial charge in [0.15, 0.2) is 3.92 Å². The van der Waals surface area contributed by atoms with Crippen LogP contribution in [-0.4, -0.2) is 21.7 Å². The number of benzene rings is 1. The smallest absolute Gasteiger partial charge is 0.269 e. The quantitative estimate of drug-likeness (QED) is 0.674. The van der Waals surface area contributed by atoms with Crippen LogP contribution >= 0.6 is 27.3 Å². The molecule has 2 aromatic rings. The van der Waals surface area contributed by atoms with Crippen molar-refractivity contribution in [1.82, 2.24) is 10.2 Å². The van der Waals surface area contributed by atoms with Crippen LogP contribution < -0.4 is 5.32 Å². The Morgan fingerprint density at radius 3 is 2.61 bits per heavy atom. The van der Waals surface area contributed by atoms with Crippen molar-refractivity contribution in [1.29, 1.82) is 0 Å². The average molecular weight is 329 g/mol. The summed E-state index contributed by atoms with van der Waals surface area (Å²) in [6.07, 6.45) is 0.773. The molecule has 0 saturated heterocycles. The van der Waals surface area contributed by atoms with Crippen molar-refractivity contribution >= 4 is 38.1 Å². The van der Waals surface area contributed by atoms with Crippen LogP contribution in [0.5, 0.6) is 0 Å². The number of nitrogens with zero attached hydrogens (tertiary/aromatic N) is 3. The van der Waals surface area contributed by atoms with Gasteiger partial charge in [0, 0.05) is 18.7 Å². The van der Waals surface area contributed by atoms with Gasteiger partial charge in [0.05, 0.1) is 4.92 Å². The third kappa shape index (κ3) is 3.47. The van der Waals surface area contributed by atoms with E-state index < -0.39 is 4.92 Å². The molecule has 1 aromatic heterocycles. The lowest BCUT2D eigenvalue weighted by Crippen LogP contribution is -2.04. The third-order valence-electron chi connectivity index (χ3n) is 2.24. The highest BCUT2D eigenvalue weighted by Crippen LogP contribution is 2.20. The minimum Gasteiger partial charge on any atom is -0.360 e. The fourth-order valence-electron chi connectivity index (χ4n) is 1.37. The molecule has 1 aromatic carbocycles. The summed E-state index contributed by atoms with van der Waals surface area (Å²) in [5.74, 6) is 0. The first-order valence-corrected chi connectivity index (χ1v) is 6.72. The van der Waals surface area contributed by atoms with Gasteiger partial charge in [0.2, 0.25) is 5.13 Å². The third-order valence-corrected chi connectivity index (χ3v) is 3.55. The maximum Gasteiger partial charge on any atom is 0.269 e. The molecule has 0 aliphatic rings. The first-order chi connectivity index (χ1) is 8.65. The SMILES string of the molecule is O=[N+]([O-])c1ccc(CCNc2nnc(Br)s2)cc1. The molecule has 0 spiro atoms. The van der Waals surface area contributed by atoms with Crippen LogP contribution in [0.3, 0.4) is 0 Å². The van der Waals surface area contributed by atoms with Crippen molar-refractivity contribution in [2.24, 2.45) is 0 Å². The summed E-state index contributed by atoms with van der Waals surface area (Å²) in [4.78, 5) is 10.1. The molecule has 0 aliphatic heterocycles. The zero-order valence-electron chi connectivity index (χ0n) is 9.17. The van der Waals surface area contributed by atoms with Crippen LogP contribution in [0.25, 0.3) is 0 Å². The molecular formula is C10H9BrN4O2S. The van der Waals surface area contributed by atoms with E-state index in [0.717, 1.165) is 21.0 Å². The molecule has 8 heteroatoms. The summed E-state index contributed by atoms with van der Waals surface area (Å²) in [5.41, 5.74) is 1.15. The molecule has 0 unspecified atom stereocenters. The summed E-state index contributed by atoms with van der Waals surface area (Å²) in [6, 6.07) is 6.54. The molecule has 0 saturated carbocycles. The van der Waals surface area contributed by atoms with E-state index in [1.54, 1.807) is 12.1 Å². The predicted octanol–water partition coefficient (Wildman–Crippen LogP) is 2.86. The average Bonchev–Trinajstić information content (AvgIpc) is 2.76. The number of nitro benzene ring substituents is 1. The van der Waals surface area contributed by atoms with Gasteiger partial charge in [-0.05, 0) is 27.9 Å². The van der Waals surface area contributed by atoms with Crippen LogP contribution in [0, 0.1) is 10.1 Å². The van der Waals surface area contributed by atoms with Crippen LogP contribution in [0.4, 0.5) is 10.8 Å². The summed E-state index contributed by atoms with van der Waals surface area (Å²) in [5, 5.41) is 22.1. The van der Waals surface area contributed by atoms with Gasteiger partial charge in [-0.15, -0.1) is 10.2 Å². The number of rotatable bonds is 5. The second-order valence-electron chi connectivity index (χ2n) is 3.46. The van der Waals surface area contributed by atoms with Gasteiger partial charge in [-0.25, -0.2) is 0 Å². The number of non-ortho nitro benzene ring substituents is 1. The van der Waals surface area contributed by atoms with Crippen molar-refractivity contribution < 1.29 is 4.92 Å². The fraction of sp³-hybridized carbons (Fsp3) is 0.200. The minimum atomic E-state index is -0.402. The van der Waals surface area contributed by atoms with Crippen molar-refractivity contribution in [3.63, 3.8) is 0 Å². The Morgan fingerprint density at radius 1 is 1.33 bits per heavy atom. The molecule has 0 aliphatic carbocycles.